The maximum absolute atomic E-state index is 13.2. The molecule has 1 unspecified atom stereocenters. The minimum atomic E-state index is -0.768. The van der Waals surface area contributed by atoms with Crippen LogP contribution in [0.4, 0.5) is 17.1 Å². The topological polar surface area (TPSA) is 121 Å². The highest BCUT2D eigenvalue weighted by molar-refractivity contribution is 6.24. The number of anilines is 1. The van der Waals surface area contributed by atoms with Gasteiger partial charge < -0.3 is 19.4 Å². The lowest BCUT2D eigenvalue weighted by Gasteiger charge is -2.14. The summed E-state index contributed by atoms with van der Waals surface area (Å²) in [7, 11) is 1.92. The first-order valence-electron chi connectivity index (χ1n) is 11.1. The summed E-state index contributed by atoms with van der Waals surface area (Å²) in [6, 6.07) is 17.3. The van der Waals surface area contributed by atoms with Crippen LogP contribution in [0.2, 0.25) is 0 Å². The number of hydrogen-bond acceptors (Lipinski definition) is 7. The van der Waals surface area contributed by atoms with Crippen molar-refractivity contribution in [1.82, 2.24) is 9.55 Å². The van der Waals surface area contributed by atoms with Crippen molar-refractivity contribution in [2.75, 3.05) is 12.1 Å². The van der Waals surface area contributed by atoms with Crippen LogP contribution in [-0.4, -0.2) is 32.9 Å². The largest absolute Gasteiger partial charge is 0.454 e. The van der Waals surface area contributed by atoms with E-state index < -0.39 is 10.8 Å². The van der Waals surface area contributed by atoms with Crippen LogP contribution < -0.4 is 14.8 Å². The van der Waals surface area contributed by atoms with Crippen LogP contribution in [0.5, 0.6) is 11.5 Å². The van der Waals surface area contributed by atoms with Crippen molar-refractivity contribution in [2.45, 2.75) is 5.92 Å². The molecule has 2 aliphatic heterocycles. The maximum Gasteiger partial charge on any atom is 0.271 e. The SMILES string of the molecule is Cn1ccnc1-c1ccc(N=C(c2ccc3c(c2)OCO3)C2C(=O)Nc3cc([N+](=O)[O-])ccc32)cc1. The number of nitrogens with one attached hydrogen (secondary N) is 1. The van der Waals surface area contributed by atoms with Crippen molar-refractivity contribution in [1.29, 1.82) is 0 Å². The molecule has 0 radical (unpaired) electrons. The van der Waals surface area contributed by atoms with Gasteiger partial charge in [0.2, 0.25) is 12.7 Å². The molecule has 0 aliphatic carbocycles. The summed E-state index contributed by atoms with van der Waals surface area (Å²) in [5.41, 5.74) is 3.67. The number of non-ortho nitro benzene ring substituents is 1. The number of ether oxygens (including phenoxy) is 2. The van der Waals surface area contributed by atoms with Crippen LogP contribution in [0.1, 0.15) is 17.0 Å². The fourth-order valence-corrected chi connectivity index (χ4v) is 4.45. The van der Waals surface area contributed by atoms with Crippen LogP contribution in [-0.2, 0) is 11.8 Å². The molecule has 0 fully saturated rings. The van der Waals surface area contributed by atoms with Gasteiger partial charge in [-0.25, -0.2) is 4.98 Å². The molecule has 4 aromatic rings. The van der Waals surface area contributed by atoms with Crippen molar-refractivity contribution >= 4 is 28.7 Å². The van der Waals surface area contributed by atoms with Gasteiger partial charge in [0, 0.05) is 42.7 Å². The van der Waals surface area contributed by atoms with Gasteiger partial charge in [-0.1, -0.05) is 0 Å². The minimum Gasteiger partial charge on any atom is -0.454 e. The molecule has 1 amide bonds. The summed E-state index contributed by atoms with van der Waals surface area (Å²) in [4.78, 5) is 33.2. The summed E-state index contributed by atoms with van der Waals surface area (Å²) < 4.78 is 12.9. The molecule has 36 heavy (non-hydrogen) atoms. The Labute approximate surface area is 205 Å². The summed E-state index contributed by atoms with van der Waals surface area (Å²) in [6.07, 6.45) is 3.61. The zero-order chi connectivity index (χ0) is 24.8. The van der Waals surface area contributed by atoms with E-state index in [9.17, 15) is 14.9 Å². The Hall–Kier alpha value is -4.99. The van der Waals surface area contributed by atoms with Crippen LogP contribution in [0, 0.1) is 10.1 Å². The third-order valence-corrected chi connectivity index (χ3v) is 6.22. The highest BCUT2D eigenvalue weighted by atomic mass is 16.7. The number of rotatable bonds is 5. The summed E-state index contributed by atoms with van der Waals surface area (Å²) in [5.74, 6) is 0.922. The van der Waals surface area contributed by atoms with Crippen LogP contribution in [0.15, 0.2) is 78.0 Å². The number of fused-ring (bicyclic) bond motifs is 2. The maximum atomic E-state index is 13.2. The summed E-state index contributed by atoms with van der Waals surface area (Å²) >= 11 is 0. The lowest BCUT2D eigenvalue weighted by molar-refractivity contribution is -0.384. The fraction of sp³-hybridized carbons (Fsp3) is 0.115. The van der Waals surface area contributed by atoms with E-state index in [4.69, 9.17) is 14.5 Å². The van der Waals surface area contributed by atoms with Gasteiger partial charge in [0.15, 0.2) is 11.5 Å². The van der Waals surface area contributed by atoms with Crippen LogP contribution in [0.3, 0.4) is 0 Å². The predicted molar refractivity (Wildman–Crippen MR) is 132 cm³/mol. The number of nitro benzene ring substituents is 1. The van der Waals surface area contributed by atoms with E-state index in [1.807, 2.05) is 48.1 Å². The van der Waals surface area contributed by atoms with Crippen molar-refractivity contribution in [2.24, 2.45) is 12.0 Å². The number of nitro groups is 1. The van der Waals surface area contributed by atoms with Crippen molar-refractivity contribution in [3.05, 3.63) is 94.3 Å². The molecule has 6 rings (SSSR count). The van der Waals surface area contributed by atoms with Gasteiger partial charge in [-0.2, -0.15) is 0 Å². The molecule has 1 N–H and O–H groups in total. The molecule has 0 saturated heterocycles. The monoisotopic (exact) mass is 481 g/mol. The van der Waals surface area contributed by atoms with Crippen LogP contribution >= 0.6 is 0 Å². The van der Waals surface area contributed by atoms with E-state index in [1.54, 1.807) is 24.4 Å². The molecule has 3 heterocycles. The third-order valence-electron chi connectivity index (χ3n) is 6.22. The molecule has 178 valence electrons. The predicted octanol–water partition coefficient (Wildman–Crippen LogP) is 4.58. The lowest BCUT2D eigenvalue weighted by atomic mass is 9.90. The molecule has 10 heteroatoms. The second-order valence-electron chi connectivity index (χ2n) is 8.42. The molecule has 1 aromatic heterocycles. The Morgan fingerprint density at radius 2 is 1.92 bits per heavy atom. The number of benzene rings is 3. The fourth-order valence-electron chi connectivity index (χ4n) is 4.45. The number of carbonyl (C=O) groups is 1. The number of imidazole rings is 1. The van der Waals surface area contributed by atoms with E-state index in [0.717, 1.165) is 11.4 Å². The van der Waals surface area contributed by atoms with Gasteiger partial charge in [0.25, 0.3) is 5.69 Å². The highest BCUT2D eigenvalue weighted by Gasteiger charge is 2.37. The van der Waals surface area contributed by atoms with Gasteiger partial charge in [-0.3, -0.25) is 19.9 Å². The number of amides is 1. The Morgan fingerprint density at radius 1 is 1.11 bits per heavy atom. The zero-order valence-electron chi connectivity index (χ0n) is 19.0. The van der Waals surface area contributed by atoms with E-state index >= 15 is 0 Å². The number of carbonyl (C=O) groups excluding carboxylic acids is 1. The summed E-state index contributed by atoms with van der Waals surface area (Å²) in [6.45, 7) is 0.121. The van der Waals surface area contributed by atoms with Gasteiger partial charge in [-0.05, 0) is 54.1 Å². The van der Waals surface area contributed by atoms with Gasteiger partial charge in [0.1, 0.15) is 11.7 Å². The molecular weight excluding hydrogens is 462 g/mol. The normalized spacial score (nSPS) is 16.1. The number of aryl methyl sites for hydroxylation is 1. The molecule has 2 aliphatic rings. The Morgan fingerprint density at radius 3 is 2.67 bits per heavy atom. The van der Waals surface area contributed by atoms with Crippen molar-refractivity contribution < 1.29 is 19.2 Å². The highest BCUT2D eigenvalue weighted by Crippen LogP contribution is 2.40. The first kappa shape index (κ1) is 21.5. The van der Waals surface area contributed by atoms with E-state index in [1.165, 1.54) is 12.1 Å². The smallest absolute Gasteiger partial charge is 0.271 e. The Balaban J connectivity index is 1.46. The quantitative estimate of drug-likeness (QED) is 0.253. The number of nitrogens with zero attached hydrogens (tertiary/aromatic N) is 4. The third kappa shape index (κ3) is 3.65. The molecule has 0 spiro atoms. The molecule has 0 bridgehead atoms. The number of hydrogen-bond donors (Lipinski definition) is 1. The zero-order valence-corrected chi connectivity index (χ0v) is 19.0. The summed E-state index contributed by atoms with van der Waals surface area (Å²) in [5, 5.41) is 14.0. The number of aromatic nitrogens is 2. The average molecular weight is 481 g/mol. The first-order valence-corrected chi connectivity index (χ1v) is 11.1. The van der Waals surface area contributed by atoms with Gasteiger partial charge >= 0.3 is 0 Å². The minimum absolute atomic E-state index is 0.0962. The average Bonchev–Trinajstić information content (AvgIpc) is 3.60. The Kier molecular flexibility index (Phi) is 4.99. The van der Waals surface area contributed by atoms with Crippen molar-refractivity contribution in [3.8, 4) is 22.9 Å². The molecular formula is C26H19N5O5. The van der Waals surface area contributed by atoms with Gasteiger partial charge in [0.05, 0.1) is 22.0 Å². The van der Waals surface area contributed by atoms with E-state index in [2.05, 4.69) is 10.3 Å². The second kappa shape index (κ2) is 8.35. The Bertz CT molecular complexity index is 1560. The molecule has 3 aromatic carbocycles. The van der Waals surface area contributed by atoms with Crippen molar-refractivity contribution in [3.63, 3.8) is 0 Å². The lowest BCUT2D eigenvalue weighted by Crippen LogP contribution is -2.22. The second-order valence-corrected chi connectivity index (χ2v) is 8.42. The standard InChI is InChI=1S/C26H19N5O5/c1-30-11-10-27-25(30)15-2-5-17(6-3-15)28-24(16-4-9-21-22(12-16)36-14-35-21)23-19-8-7-18(31(33)34)13-20(19)29-26(23)32/h2-13,23H,14H2,1H3,(H,29,32). The van der Waals surface area contributed by atoms with E-state index in [-0.39, 0.29) is 18.4 Å². The van der Waals surface area contributed by atoms with Crippen LogP contribution in [0.25, 0.3) is 11.4 Å². The first-order chi connectivity index (χ1) is 17.5. The van der Waals surface area contributed by atoms with Gasteiger partial charge in [-0.15, -0.1) is 0 Å². The molecule has 1 atom stereocenters. The number of aliphatic imine (C=N–C) groups is 1. The molecule has 0 saturated carbocycles. The van der Waals surface area contributed by atoms with E-state index in [0.29, 0.717) is 39.7 Å². The molecule has 10 nitrogen and oxygen atoms in total.